The van der Waals surface area contributed by atoms with Crippen LogP contribution in [-0.2, 0) is 23.9 Å². The van der Waals surface area contributed by atoms with E-state index in [1.807, 2.05) is 0 Å². The molecule has 2 bridgehead atoms. The van der Waals surface area contributed by atoms with Gasteiger partial charge in [-0.05, 0) is 91.3 Å². The Balaban J connectivity index is 1.42. The number of hydrogen-bond acceptors (Lipinski definition) is 5. The zero-order chi connectivity index (χ0) is 28.1. The highest BCUT2D eigenvalue weighted by molar-refractivity contribution is 5.99. The predicted octanol–water partition coefficient (Wildman–Crippen LogP) is 6.91. The van der Waals surface area contributed by atoms with Crippen molar-refractivity contribution in [3.63, 3.8) is 0 Å². The summed E-state index contributed by atoms with van der Waals surface area (Å²) in [6.45, 7) is 15.6. The second-order valence-corrected chi connectivity index (χ2v) is 15.1. The summed E-state index contributed by atoms with van der Waals surface area (Å²) in [5, 5.41) is 0. The first-order chi connectivity index (χ1) is 18.3. The van der Waals surface area contributed by atoms with Crippen molar-refractivity contribution in [3.05, 3.63) is 24.3 Å². The highest BCUT2D eigenvalue weighted by atomic mass is 16.6. The molecule has 0 N–H and O–H groups in total. The van der Waals surface area contributed by atoms with Gasteiger partial charge in [0.1, 0.15) is 6.10 Å². The van der Waals surface area contributed by atoms with Gasteiger partial charge in [-0.2, -0.15) is 0 Å². The summed E-state index contributed by atoms with van der Waals surface area (Å²) in [5.41, 5.74) is -0.846. The first kappa shape index (κ1) is 27.3. The molecule has 0 radical (unpaired) electrons. The average Bonchev–Trinajstić information content (AvgIpc) is 3.39. The Bertz CT molecular complexity index is 1140. The van der Waals surface area contributed by atoms with Gasteiger partial charge >= 0.3 is 17.9 Å². The molecule has 12 atom stereocenters. The van der Waals surface area contributed by atoms with Crippen LogP contribution >= 0.6 is 0 Å². The standard InChI is InChI=1S/C34H48O5/c1-19(2)20(3)8-9-21(4)24-10-11-25-31(24,6)14-13-26-32(7)15-12-23(38-22(5)35)18-33(32)16-17-34(25,26)28-27(33)29(36)39-30(28)37/h8-9,16-17,19-21,23-28H,10-15,18H2,1-7H3/b9-8+. The van der Waals surface area contributed by atoms with Crippen LogP contribution in [0.4, 0.5) is 0 Å². The summed E-state index contributed by atoms with van der Waals surface area (Å²) in [6.07, 6.45) is 16.2. The van der Waals surface area contributed by atoms with Crippen molar-refractivity contribution in [1.82, 2.24) is 0 Å². The van der Waals surface area contributed by atoms with E-state index in [4.69, 9.17) is 9.47 Å². The topological polar surface area (TPSA) is 69.7 Å². The molecule has 6 aliphatic carbocycles. The summed E-state index contributed by atoms with van der Waals surface area (Å²) in [7, 11) is 0. The van der Waals surface area contributed by atoms with Gasteiger partial charge in [-0.15, -0.1) is 0 Å². The average molecular weight is 537 g/mol. The van der Waals surface area contributed by atoms with E-state index < -0.39 is 17.3 Å². The Morgan fingerprint density at radius 3 is 2.36 bits per heavy atom. The van der Waals surface area contributed by atoms with Gasteiger partial charge in [-0.3, -0.25) is 14.4 Å². The molecule has 5 nitrogen and oxygen atoms in total. The van der Waals surface area contributed by atoms with E-state index in [0.717, 1.165) is 25.7 Å². The highest BCUT2D eigenvalue weighted by Crippen LogP contribution is 2.82. The number of ether oxygens (including phenoxy) is 2. The van der Waals surface area contributed by atoms with Gasteiger partial charge in [0.05, 0.1) is 11.8 Å². The Labute approximate surface area is 234 Å². The van der Waals surface area contributed by atoms with Crippen molar-refractivity contribution in [1.29, 1.82) is 0 Å². The number of carbonyl (C=O) groups excluding carboxylic acids is 3. The van der Waals surface area contributed by atoms with E-state index in [2.05, 4.69) is 65.8 Å². The molecule has 4 saturated carbocycles. The van der Waals surface area contributed by atoms with Crippen LogP contribution in [0.3, 0.4) is 0 Å². The number of allylic oxidation sites excluding steroid dienone is 4. The van der Waals surface area contributed by atoms with Crippen molar-refractivity contribution in [2.75, 3.05) is 0 Å². The molecule has 2 spiro atoms. The van der Waals surface area contributed by atoms with Crippen LogP contribution in [0.25, 0.3) is 0 Å². The number of rotatable bonds is 5. The summed E-state index contributed by atoms with van der Waals surface area (Å²) in [5.74, 6) is 1.10. The molecule has 7 aliphatic rings. The van der Waals surface area contributed by atoms with Crippen LogP contribution in [0.2, 0.25) is 0 Å². The molecule has 214 valence electrons. The summed E-state index contributed by atoms with van der Waals surface area (Å²) >= 11 is 0. The summed E-state index contributed by atoms with van der Waals surface area (Å²) in [4.78, 5) is 39.1. The SMILES string of the molecule is CC(=O)OC1CCC2(C)C3CCC4(C)C(C(C)/C=C/C(C)C(C)C)CCC4C34C=CC2(C1)C1C(=O)OC(=O)C14. The van der Waals surface area contributed by atoms with Gasteiger partial charge < -0.3 is 9.47 Å². The van der Waals surface area contributed by atoms with Gasteiger partial charge in [0, 0.05) is 17.8 Å². The molecular weight excluding hydrogens is 488 g/mol. The van der Waals surface area contributed by atoms with E-state index in [9.17, 15) is 14.4 Å². The lowest BCUT2D eigenvalue weighted by molar-refractivity contribution is -0.243. The number of cyclic esters (lactones) is 2. The normalized spacial score (nSPS) is 49.3. The van der Waals surface area contributed by atoms with Crippen molar-refractivity contribution in [2.24, 2.45) is 69.0 Å². The molecule has 5 fully saturated rings. The third-order valence-corrected chi connectivity index (χ3v) is 13.5. The van der Waals surface area contributed by atoms with Crippen LogP contribution in [-0.4, -0.2) is 24.0 Å². The van der Waals surface area contributed by atoms with Gasteiger partial charge in [0.15, 0.2) is 0 Å². The van der Waals surface area contributed by atoms with Crippen molar-refractivity contribution in [3.8, 4) is 0 Å². The summed E-state index contributed by atoms with van der Waals surface area (Å²) < 4.78 is 11.3. The molecule has 7 rings (SSSR count). The van der Waals surface area contributed by atoms with E-state index in [-0.39, 0.29) is 40.3 Å². The Hall–Kier alpha value is -1.91. The maximum absolute atomic E-state index is 13.7. The first-order valence-corrected chi connectivity index (χ1v) is 15.6. The molecule has 0 aromatic carbocycles. The first-order valence-electron chi connectivity index (χ1n) is 15.6. The molecule has 5 heteroatoms. The second kappa shape index (κ2) is 8.79. The molecule has 0 aromatic rings. The minimum absolute atomic E-state index is 0.116. The Kier molecular flexibility index (Phi) is 6.15. The molecular formula is C34H48O5. The quantitative estimate of drug-likeness (QED) is 0.217. The van der Waals surface area contributed by atoms with E-state index in [1.165, 1.54) is 19.8 Å². The lowest BCUT2D eigenvalue weighted by atomic mass is 9.28. The van der Waals surface area contributed by atoms with Gasteiger partial charge in [0.25, 0.3) is 0 Å². The highest BCUT2D eigenvalue weighted by Gasteiger charge is 2.81. The Morgan fingerprint density at radius 1 is 0.949 bits per heavy atom. The van der Waals surface area contributed by atoms with E-state index >= 15 is 0 Å². The van der Waals surface area contributed by atoms with Gasteiger partial charge in [-0.25, -0.2) is 0 Å². The van der Waals surface area contributed by atoms with Gasteiger partial charge in [-0.1, -0.05) is 65.8 Å². The lowest BCUT2D eigenvalue weighted by Gasteiger charge is -2.74. The fraction of sp³-hybridized carbons (Fsp3) is 0.794. The number of fused-ring (bicyclic) bond motifs is 1. The largest absolute Gasteiger partial charge is 0.463 e. The molecule has 1 heterocycles. The van der Waals surface area contributed by atoms with Crippen molar-refractivity contribution in [2.45, 2.75) is 99.5 Å². The maximum Gasteiger partial charge on any atom is 0.318 e. The molecule has 39 heavy (non-hydrogen) atoms. The molecule has 1 aliphatic heterocycles. The maximum atomic E-state index is 13.7. The fourth-order valence-electron chi connectivity index (χ4n) is 11.5. The minimum Gasteiger partial charge on any atom is -0.463 e. The zero-order valence-electron chi connectivity index (χ0n) is 25.0. The van der Waals surface area contributed by atoms with Crippen LogP contribution in [0, 0.1) is 69.0 Å². The van der Waals surface area contributed by atoms with Crippen LogP contribution in [0.5, 0.6) is 0 Å². The molecule has 0 amide bonds. The lowest BCUT2D eigenvalue weighted by Crippen LogP contribution is -2.72. The van der Waals surface area contributed by atoms with Crippen molar-refractivity contribution < 1.29 is 23.9 Å². The number of carbonyl (C=O) groups is 3. The molecule has 0 aromatic heterocycles. The third kappa shape index (κ3) is 3.40. The number of esters is 3. The summed E-state index contributed by atoms with van der Waals surface area (Å²) in [6, 6.07) is 0. The molecule has 1 saturated heterocycles. The zero-order valence-corrected chi connectivity index (χ0v) is 25.0. The third-order valence-electron chi connectivity index (χ3n) is 13.5. The van der Waals surface area contributed by atoms with Crippen LogP contribution in [0.15, 0.2) is 24.3 Å². The second-order valence-electron chi connectivity index (χ2n) is 15.1. The number of hydrogen-bond donors (Lipinski definition) is 0. The van der Waals surface area contributed by atoms with Crippen molar-refractivity contribution >= 4 is 17.9 Å². The minimum atomic E-state index is -0.500. The monoisotopic (exact) mass is 536 g/mol. The predicted molar refractivity (Wildman–Crippen MR) is 149 cm³/mol. The van der Waals surface area contributed by atoms with E-state index in [0.29, 0.717) is 41.9 Å². The Morgan fingerprint density at radius 2 is 1.67 bits per heavy atom. The fourth-order valence-corrected chi connectivity index (χ4v) is 11.5. The molecule has 12 unspecified atom stereocenters. The van der Waals surface area contributed by atoms with Gasteiger partial charge in [0.2, 0.25) is 0 Å². The van der Waals surface area contributed by atoms with Crippen LogP contribution < -0.4 is 0 Å². The van der Waals surface area contributed by atoms with Crippen LogP contribution in [0.1, 0.15) is 93.4 Å². The smallest absolute Gasteiger partial charge is 0.318 e. The van der Waals surface area contributed by atoms with E-state index in [1.54, 1.807) is 0 Å².